The monoisotopic (exact) mass is 421 g/mol. The van der Waals surface area contributed by atoms with Crippen molar-refractivity contribution in [3.8, 4) is 33.3 Å². The topological polar surface area (TPSA) is 111 Å². The number of hydrogen-bond acceptors (Lipinski definition) is 9. The summed E-state index contributed by atoms with van der Waals surface area (Å²) in [7, 11) is 0. The minimum Gasteiger partial charge on any atom is -0.486 e. The smallest absolute Gasteiger partial charge is 0.340 e. The maximum Gasteiger partial charge on any atom is 0.340 e. The van der Waals surface area contributed by atoms with E-state index in [0.29, 0.717) is 29.7 Å². The fourth-order valence-electron chi connectivity index (χ4n) is 2.88. The number of nitrogens with zero attached hydrogens (tertiary/aromatic N) is 3. The summed E-state index contributed by atoms with van der Waals surface area (Å²) in [6.45, 7) is 1.07. The molecule has 10 heteroatoms. The molecule has 4 heterocycles. The van der Waals surface area contributed by atoms with E-state index in [1.54, 1.807) is 30.6 Å². The van der Waals surface area contributed by atoms with E-state index in [1.165, 1.54) is 11.3 Å². The van der Waals surface area contributed by atoms with Gasteiger partial charge in [-0.05, 0) is 48.0 Å². The average molecular weight is 421 g/mol. The lowest BCUT2D eigenvalue weighted by atomic mass is 10.1. The van der Waals surface area contributed by atoms with Gasteiger partial charge >= 0.3 is 6.01 Å². The summed E-state index contributed by atoms with van der Waals surface area (Å²) in [6, 6.07) is 13.0. The molecule has 0 spiro atoms. The molecule has 2 N–H and O–H groups in total. The summed E-state index contributed by atoms with van der Waals surface area (Å²) in [6.07, 6.45) is 3.27. The highest BCUT2D eigenvalue weighted by Gasteiger charge is 2.16. The van der Waals surface area contributed by atoms with Crippen molar-refractivity contribution in [3.63, 3.8) is 0 Å². The molecule has 150 valence electrons. The number of carbonyl (C=O) groups excluding carboxylic acids is 1. The predicted molar refractivity (Wildman–Crippen MR) is 109 cm³/mol. The Morgan fingerprint density at radius 3 is 2.67 bits per heavy atom. The van der Waals surface area contributed by atoms with Crippen molar-refractivity contribution < 1.29 is 18.8 Å². The minimum atomic E-state index is -0.313. The normalized spacial score (nSPS) is 12.4. The molecule has 0 aliphatic carbocycles. The average Bonchev–Trinajstić information content (AvgIpc) is 3.48. The summed E-state index contributed by atoms with van der Waals surface area (Å²) in [5.74, 6) is 1.52. The first kappa shape index (κ1) is 18.1. The molecule has 0 bridgehead atoms. The zero-order valence-corrected chi connectivity index (χ0v) is 16.3. The van der Waals surface area contributed by atoms with Crippen molar-refractivity contribution in [1.82, 2.24) is 20.6 Å². The van der Waals surface area contributed by atoms with Gasteiger partial charge in [0.1, 0.15) is 13.2 Å². The van der Waals surface area contributed by atoms with Gasteiger partial charge in [-0.2, -0.15) is 4.98 Å². The van der Waals surface area contributed by atoms with Crippen LogP contribution in [0.4, 0.5) is 6.01 Å². The van der Waals surface area contributed by atoms with Gasteiger partial charge in [0.05, 0.1) is 4.88 Å². The minimum absolute atomic E-state index is 0.0822. The number of ether oxygens (including phenoxy) is 2. The van der Waals surface area contributed by atoms with Crippen LogP contribution in [0.5, 0.6) is 11.5 Å². The molecule has 0 saturated carbocycles. The second-order valence-electron chi connectivity index (χ2n) is 6.26. The number of benzene rings is 1. The van der Waals surface area contributed by atoms with Crippen LogP contribution < -0.4 is 20.3 Å². The van der Waals surface area contributed by atoms with E-state index in [0.717, 1.165) is 21.8 Å². The van der Waals surface area contributed by atoms with Crippen LogP contribution in [-0.2, 0) is 0 Å². The number of hydrogen-bond donors (Lipinski definition) is 2. The number of amides is 1. The number of rotatable bonds is 5. The SMILES string of the molecule is O=C(NNc1nc(-c2ccncc2)no1)c1ccc(-c2ccc3c(c2)OCCO3)s1. The van der Waals surface area contributed by atoms with Crippen molar-refractivity contribution in [2.24, 2.45) is 0 Å². The Morgan fingerprint density at radius 1 is 0.967 bits per heavy atom. The van der Waals surface area contributed by atoms with Crippen LogP contribution in [0, 0.1) is 0 Å². The van der Waals surface area contributed by atoms with Gasteiger partial charge in [0.15, 0.2) is 11.5 Å². The molecule has 0 atom stereocenters. The first-order chi connectivity index (χ1) is 14.8. The quantitative estimate of drug-likeness (QED) is 0.472. The Morgan fingerprint density at radius 2 is 1.80 bits per heavy atom. The van der Waals surface area contributed by atoms with Gasteiger partial charge in [0, 0.05) is 22.8 Å². The van der Waals surface area contributed by atoms with Crippen LogP contribution in [0.1, 0.15) is 9.67 Å². The standard InChI is InChI=1S/C20H15N5O4S/c26-19(23-24-20-22-18(25-29-20)12-5-7-21-8-6-12)17-4-3-16(30-17)13-1-2-14-15(11-13)28-10-9-27-14/h1-8,11H,9-10H2,(H,23,26)(H,22,24,25). The Balaban J connectivity index is 1.25. The van der Waals surface area contributed by atoms with Gasteiger partial charge in [0.25, 0.3) is 5.91 Å². The Hall–Kier alpha value is -3.92. The Kier molecular flexibility index (Phi) is 4.74. The first-order valence-corrected chi connectivity index (χ1v) is 9.88. The molecule has 4 aromatic rings. The van der Waals surface area contributed by atoms with Gasteiger partial charge in [0.2, 0.25) is 5.82 Å². The third kappa shape index (κ3) is 3.67. The van der Waals surface area contributed by atoms with Crippen molar-refractivity contribution in [2.45, 2.75) is 0 Å². The van der Waals surface area contributed by atoms with E-state index < -0.39 is 0 Å². The number of anilines is 1. The molecule has 1 aliphatic heterocycles. The molecule has 0 saturated heterocycles. The molecule has 1 aromatic carbocycles. The molecule has 1 aliphatic rings. The van der Waals surface area contributed by atoms with Crippen LogP contribution in [0.15, 0.2) is 59.4 Å². The van der Waals surface area contributed by atoms with Crippen molar-refractivity contribution in [2.75, 3.05) is 18.6 Å². The van der Waals surface area contributed by atoms with Gasteiger partial charge < -0.3 is 14.0 Å². The number of nitrogens with one attached hydrogen (secondary N) is 2. The zero-order valence-electron chi connectivity index (χ0n) is 15.5. The van der Waals surface area contributed by atoms with E-state index in [1.807, 2.05) is 24.3 Å². The first-order valence-electron chi connectivity index (χ1n) is 9.06. The van der Waals surface area contributed by atoms with Gasteiger partial charge in [-0.3, -0.25) is 15.2 Å². The zero-order chi connectivity index (χ0) is 20.3. The summed E-state index contributed by atoms with van der Waals surface area (Å²) in [5, 5.41) is 3.87. The van der Waals surface area contributed by atoms with Gasteiger partial charge in [-0.25, -0.2) is 5.43 Å². The number of thiophene rings is 1. The second-order valence-corrected chi connectivity index (χ2v) is 7.34. The van der Waals surface area contributed by atoms with E-state index in [9.17, 15) is 4.79 Å². The summed E-state index contributed by atoms with van der Waals surface area (Å²) in [4.78, 5) is 22.1. The van der Waals surface area contributed by atoms with E-state index in [-0.39, 0.29) is 11.9 Å². The predicted octanol–water partition coefficient (Wildman–Crippen LogP) is 3.39. The number of pyridine rings is 1. The number of fused-ring (bicyclic) bond motifs is 1. The molecule has 3 aromatic heterocycles. The van der Waals surface area contributed by atoms with Crippen molar-refractivity contribution >= 4 is 23.3 Å². The van der Waals surface area contributed by atoms with Gasteiger partial charge in [-0.15, -0.1) is 11.3 Å². The van der Waals surface area contributed by atoms with Crippen LogP contribution in [0.25, 0.3) is 21.8 Å². The lowest BCUT2D eigenvalue weighted by molar-refractivity contribution is 0.0965. The highest BCUT2D eigenvalue weighted by molar-refractivity contribution is 7.17. The fourth-order valence-corrected chi connectivity index (χ4v) is 3.77. The summed E-state index contributed by atoms with van der Waals surface area (Å²) < 4.78 is 16.3. The van der Waals surface area contributed by atoms with Crippen LogP contribution >= 0.6 is 11.3 Å². The molecule has 0 radical (unpaired) electrons. The maximum absolute atomic E-state index is 12.5. The third-order valence-corrected chi connectivity index (χ3v) is 5.44. The molecule has 5 rings (SSSR count). The van der Waals surface area contributed by atoms with E-state index in [2.05, 4.69) is 26.0 Å². The van der Waals surface area contributed by atoms with Crippen molar-refractivity contribution in [3.05, 3.63) is 59.7 Å². The van der Waals surface area contributed by atoms with Gasteiger partial charge in [-0.1, -0.05) is 5.16 Å². The van der Waals surface area contributed by atoms with Crippen LogP contribution in [-0.4, -0.2) is 34.2 Å². The fraction of sp³-hybridized carbons (Fsp3) is 0.100. The Bertz CT molecular complexity index is 1190. The van der Waals surface area contributed by atoms with E-state index in [4.69, 9.17) is 14.0 Å². The Labute approximate surface area is 174 Å². The molecule has 1 amide bonds. The number of carbonyl (C=O) groups is 1. The molecule has 30 heavy (non-hydrogen) atoms. The molecule has 9 nitrogen and oxygen atoms in total. The second kappa shape index (κ2) is 7.84. The highest BCUT2D eigenvalue weighted by atomic mass is 32.1. The molecule has 0 unspecified atom stereocenters. The maximum atomic E-state index is 12.5. The van der Waals surface area contributed by atoms with Crippen LogP contribution in [0.3, 0.4) is 0 Å². The molecular weight excluding hydrogens is 406 g/mol. The molecule has 0 fully saturated rings. The lowest BCUT2D eigenvalue weighted by Gasteiger charge is -2.18. The summed E-state index contributed by atoms with van der Waals surface area (Å²) in [5.41, 5.74) is 6.91. The third-order valence-electron chi connectivity index (χ3n) is 4.30. The highest BCUT2D eigenvalue weighted by Crippen LogP contribution is 2.36. The summed E-state index contributed by atoms with van der Waals surface area (Å²) >= 11 is 1.36. The van der Waals surface area contributed by atoms with Crippen molar-refractivity contribution in [1.29, 1.82) is 0 Å². The molecular formula is C20H15N5O4S. The number of aromatic nitrogens is 3. The number of hydrazine groups is 1. The van der Waals surface area contributed by atoms with Crippen LogP contribution in [0.2, 0.25) is 0 Å². The lowest BCUT2D eigenvalue weighted by Crippen LogP contribution is -2.28. The largest absolute Gasteiger partial charge is 0.486 e. The van der Waals surface area contributed by atoms with E-state index >= 15 is 0 Å².